The number of benzene rings is 2. The normalized spacial score (nSPS) is 11.8. The van der Waals surface area contributed by atoms with Crippen LogP contribution in [0.1, 0.15) is 11.5 Å². The van der Waals surface area contributed by atoms with Crippen molar-refractivity contribution in [3.8, 4) is 11.5 Å². The molecule has 1 atom stereocenters. The Bertz CT molecular complexity index is 595. The molecule has 0 radical (unpaired) electrons. The van der Waals surface area contributed by atoms with Crippen molar-refractivity contribution in [2.24, 2.45) is 0 Å². The Morgan fingerprint density at radius 3 is 2.50 bits per heavy atom. The lowest BCUT2D eigenvalue weighted by Gasteiger charge is -2.14. The average Bonchev–Trinajstić information content (AvgIpc) is 2.41. The van der Waals surface area contributed by atoms with Gasteiger partial charge in [-0.05, 0) is 35.9 Å². The number of phenolic OH excluding ortho intramolecular Hbond substituents is 1. The number of aliphatic carboxylic acids is 1. The second-order valence-corrected chi connectivity index (χ2v) is 4.69. The topological polar surface area (TPSA) is 66.8 Å². The maximum absolute atomic E-state index is 11.3. The lowest BCUT2D eigenvalue weighted by Crippen LogP contribution is -2.19. The molecule has 2 aromatic carbocycles. The van der Waals surface area contributed by atoms with Gasteiger partial charge in [0.15, 0.2) is 0 Å². The third-order valence-electron chi connectivity index (χ3n) is 2.81. The van der Waals surface area contributed by atoms with Crippen LogP contribution in [0.3, 0.4) is 0 Å². The fourth-order valence-electron chi connectivity index (χ4n) is 1.75. The van der Waals surface area contributed by atoms with Crippen LogP contribution in [0.25, 0.3) is 0 Å². The van der Waals surface area contributed by atoms with Crippen molar-refractivity contribution in [3.63, 3.8) is 0 Å². The first kappa shape index (κ1) is 14.2. The highest BCUT2D eigenvalue weighted by Crippen LogP contribution is 2.22. The third kappa shape index (κ3) is 3.65. The van der Waals surface area contributed by atoms with E-state index in [1.165, 1.54) is 12.1 Å². The molecule has 1 unspecified atom stereocenters. The lowest BCUT2D eigenvalue weighted by molar-refractivity contribution is -0.139. The number of carbonyl (C=O) groups is 1. The molecule has 5 heteroatoms. The van der Waals surface area contributed by atoms with E-state index >= 15 is 0 Å². The molecule has 0 heterocycles. The van der Waals surface area contributed by atoms with Gasteiger partial charge < -0.3 is 14.9 Å². The molecule has 0 aliphatic rings. The molecule has 20 heavy (non-hydrogen) atoms. The van der Waals surface area contributed by atoms with E-state index < -0.39 is 11.9 Å². The van der Waals surface area contributed by atoms with Crippen LogP contribution < -0.4 is 4.74 Å². The smallest absolute Gasteiger partial charge is 0.314 e. The molecule has 2 N–H and O–H groups in total. The van der Waals surface area contributed by atoms with Crippen LogP contribution in [0, 0.1) is 0 Å². The summed E-state index contributed by atoms with van der Waals surface area (Å²) < 4.78 is 5.47. The summed E-state index contributed by atoms with van der Waals surface area (Å²) in [6.45, 7) is -0.0134. The first-order valence-electron chi connectivity index (χ1n) is 5.96. The standard InChI is InChI=1S/C15H13ClO4/c16-11-2-1-3-13(8-11)20-9-14(15(18)19)10-4-6-12(17)7-5-10/h1-8,14,17H,9H2,(H,18,19). The quantitative estimate of drug-likeness (QED) is 0.887. The highest BCUT2D eigenvalue weighted by molar-refractivity contribution is 6.30. The van der Waals surface area contributed by atoms with Crippen molar-refractivity contribution in [2.75, 3.05) is 6.61 Å². The number of halogens is 1. The largest absolute Gasteiger partial charge is 0.508 e. The van der Waals surface area contributed by atoms with Gasteiger partial charge in [0, 0.05) is 5.02 Å². The highest BCUT2D eigenvalue weighted by Gasteiger charge is 2.20. The molecule has 0 fully saturated rings. The van der Waals surface area contributed by atoms with Crippen molar-refractivity contribution < 1.29 is 19.7 Å². The van der Waals surface area contributed by atoms with Crippen molar-refractivity contribution in [1.29, 1.82) is 0 Å². The van der Waals surface area contributed by atoms with Crippen molar-refractivity contribution in [2.45, 2.75) is 5.92 Å². The number of carboxylic acid groups (broad SMARTS) is 1. The molecule has 104 valence electrons. The molecule has 0 amide bonds. The zero-order valence-corrected chi connectivity index (χ0v) is 11.2. The Labute approximate surface area is 121 Å². The van der Waals surface area contributed by atoms with E-state index in [2.05, 4.69) is 0 Å². The third-order valence-corrected chi connectivity index (χ3v) is 3.04. The number of ether oxygens (including phenoxy) is 1. The molecule has 2 rings (SSSR count). The van der Waals surface area contributed by atoms with Crippen molar-refractivity contribution in [1.82, 2.24) is 0 Å². The molecule has 0 saturated carbocycles. The van der Waals surface area contributed by atoms with E-state index in [0.29, 0.717) is 16.3 Å². The van der Waals surface area contributed by atoms with E-state index in [-0.39, 0.29) is 12.4 Å². The predicted molar refractivity (Wildman–Crippen MR) is 75.4 cm³/mol. The summed E-state index contributed by atoms with van der Waals surface area (Å²) in [4.78, 5) is 11.3. The first-order chi connectivity index (χ1) is 9.56. The maximum atomic E-state index is 11.3. The summed E-state index contributed by atoms with van der Waals surface area (Å²) in [5, 5.41) is 19.0. The molecule has 0 bridgehead atoms. The Morgan fingerprint density at radius 2 is 1.90 bits per heavy atom. The molecular weight excluding hydrogens is 280 g/mol. The molecule has 0 aromatic heterocycles. The van der Waals surface area contributed by atoms with Crippen LogP contribution in [0.4, 0.5) is 0 Å². The van der Waals surface area contributed by atoms with E-state index in [1.807, 2.05) is 0 Å². The fraction of sp³-hybridized carbons (Fsp3) is 0.133. The van der Waals surface area contributed by atoms with Crippen LogP contribution in [0.5, 0.6) is 11.5 Å². The van der Waals surface area contributed by atoms with Gasteiger partial charge >= 0.3 is 5.97 Å². The van der Waals surface area contributed by atoms with E-state index in [0.717, 1.165) is 0 Å². The molecule has 0 aliphatic heterocycles. The number of hydrogen-bond acceptors (Lipinski definition) is 3. The predicted octanol–water partition coefficient (Wildman–Crippen LogP) is 3.29. The average molecular weight is 293 g/mol. The van der Waals surface area contributed by atoms with Gasteiger partial charge in [-0.15, -0.1) is 0 Å². The second kappa shape index (κ2) is 6.30. The summed E-state index contributed by atoms with van der Waals surface area (Å²) in [7, 11) is 0. The van der Waals surface area contributed by atoms with E-state index in [9.17, 15) is 15.0 Å². The SMILES string of the molecule is O=C(O)C(COc1cccc(Cl)c1)c1ccc(O)cc1. The van der Waals surface area contributed by atoms with Gasteiger partial charge in [-0.1, -0.05) is 29.8 Å². The molecule has 0 spiro atoms. The Morgan fingerprint density at radius 1 is 1.20 bits per heavy atom. The first-order valence-corrected chi connectivity index (χ1v) is 6.34. The van der Waals surface area contributed by atoms with Crippen molar-refractivity contribution >= 4 is 17.6 Å². The maximum Gasteiger partial charge on any atom is 0.314 e. The van der Waals surface area contributed by atoms with Gasteiger partial charge in [0.25, 0.3) is 0 Å². The number of aromatic hydroxyl groups is 1. The number of phenols is 1. The van der Waals surface area contributed by atoms with Crippen LogP contribution in [-0.4, -0.2) is 22.8 Å². The minimum atomic E-state index is -0.988. The summed E-state index contributed by atoms with van der Waals surface area (Å²) in [5.41, 5.74) is 0.567. The Hall–Kier alpha value is -2.20. The second-order valence-electron chi connectivity index (χ2n) is 4.25. The van der Waals surface area contributed by atoms with Gasteiger partial charge in [-0.2, -0.15) is 0 Å². The molecule has 0 aliphatic carbocycles. The van der Waals surface area contributed by atoms with Gasteiger partial charge in [-0.25, -0.2) is 0 Å². The summed E-state index contributed by atoms with van der Waals surface area (Å²) in [6, 6.07) is 12.8. The highest BCUT2D eigenvalue weighted by atomic mass is 35.5. The van der Waals surface area contributed by atoms with Gasteiger partial charge in [0.1, 0.15) is 24.0 Å². The van der Waals surface area contributed by atoms with E-state index in [1.54, 1.807) is 36.4 Å². The summed E-state index contributed by atoms with van der Waals surface area (Å²) in [6.07, 6.45) is 0. The Kier molecular flexibility index (Phi) is 4.48. The fourth-order valence-corrected chi connectivity index (χ4v) is 1.93. The molecule has 0 saturated heterocycles. The number of hydrogen-bond donors (Lipinski definition) is 2. The van der Waals surface area contributed by atoms with Gasteiger partial charge in [0.05, 0.1) is 0 Å². The lowest BCUT2D eigenvalue weighted by atomic mass is 10.0. The van der Waals surface area contributed by atoms with E-state index in [4.69, 9.17) is 16.3 Å². The summed E-state index contributed by atoms with van der Waals surface area (Å²) in [5.74, 6) is -1.19. The Balaban J connectivity index is 2.10. The molecule has 2 aromatic rings. The van der Waals surface area contributed by atoms with Crippen molar-refractivity contribution in [3.05, 3.63) is 59.1 Å². The molecule has 4 nitrogen and oxygen atoms in total. The van der Waals surface area contributed by atoms with Gasteiger partial charge in [-0.3, -0.25) is 4.79 Å². The van der Waals surface area contributed by atoms with Crippen LogP contribution in [0.15, 0.2) is 48.5 Å². The summed E-state index contributed by atoms with van der Waals surface area (Å²) >= 11 is 5.83. The van der Waals surface area contributed by atoms with Crippen LogP contribution in [-0.2, 0) is 4.79 Å². The molecular formula is C15H13ClO4. The van der Waals surface area contributed by atoms with Gasteiger partial charge in [0.2, 0.25) is 0 Å². The van der Waals surface area contributed by atoms with Crippen LogP contribution in [0.2, 0.25) is 5.02 Å². The number of carboxylic acids is 1. The van der Waals surface area contributed by atoms with Crippen LogP contribution >= 0.6 is 11.6 Å². The number of rotatable bonds is 5. The monoisotopic (exact) mass is 292 g/mol. The zero-order chi connectivity index (χ0) is 14.5. The minimum absolute atomic E-state index is 0.0134. The zero-order valence-electron chi connectivity index (χ0n) is 10.5. The minimum Gasteiger partial charge on any atom is -0.508 e.